The highest BCUT2D eigenvalue weighted by Gasteiger charge is 2.06. The van der Waals surface area contributed by atoms with Gasteiger partial charge in [-0.3, -0.25) is 4.79 Å². The minimum atomic E-state index is -0.114. The smallest absolute Gasteiger partial charge is 0.195 e. The van der Waals surface area contributed by atoms with Gasteiger partial charge in [0.2, 0.25) is 0 Å². The van der Waals surface area contributed by atoms with Gasteiger partial charge in [0.05, 0.1) is 5.52 Å². The Hall–Kier alpha value is -1.91. The van der Waals surface area contributed by atoms with Gasteiger partial charge in [-0.2, -0.15) is 0 Å². The molecule has 0 radical (unpaired) electrons. The van der Waals surface area contributed by atoms with Crippen molar-refractivity contribution in [1.29, 1.82) is 0 Å². The van der Waals surface area contributed by atoms with Crippen LogP contribution < -0.4 is 5.73 Å². The van der Waals surface area contributed by atoms with Crippen LogP contribution in [0.2, 0.25) is 0 Å². The van der Waals surface area contributed by atoms with Gasteiger partial charge in [-0.15, -0.1) is 0 Å². The molecule has 3 N–H and O–H groups in total. The van der Waals surface area contributed by atoms with Crippen molar-refractivity contribution in [3.05, 3.63) is 18.0 Å². The van der Waals surface area contributed by atoms with Crippen LogP contribution in [-0.2, 0) is 0 Å². The molecule has 2 rings (SSSR count). The highest BCUT2D eigenvalue weighted by molar-refractivity contribution is 5.93. The van der Waals surface area contributed by atoms with Crippen LogP contribution in [0.5, 0.6) is 0 Å². The van der Waals surface area contributed by atoms with Crippen LogP contribution in [0.25, 0.3) is 11.2 Å². The second-order valence-electron chi connectivity index (χ2n) is 2.75. The first-order valence-corrected chi connectivity index (χ1v) is 3.80. The zero-order chi connectivity index (χ0) is 9.42. The van der Waals surface area contributed by atoms with Crippen molar-refractivity contribution >= 4 is 22.8 Å². The van der Waals surface area contributed by atoms with Gasteiger partial charge in [-0.1, -0.05) is 0 Å². The molecule has 5 heteroatoms. The second-order valence-corrected chi connectivity index (χ2v) is 2.75. The van der Waals surface area contributed by atoms with Gasteiger partial charge in [-0.25, -0.2) is 9.97 Å². The minimum Gasteiger partial charge on any atom is -0.384 e. The van der Waals surface area contributed by atoms with Gasteiger partial charge in [-0.05, 0) is 12.1 Å². The molecular weight excluding hydrogens is 168 g/mol. The molecule has 2 heterocycles. The molecule has 13 heavy (non-hydrogen) atoms. The van der Waals surface area contributed by atoms with E-state index < -0.39 is 0 Å². The van der Waals surface area contributed by atoms with Crippen LogP contribution in [0, 0.1) is 0 Å². The largest absolute Gasteiger partial charge is 0.384 e. The summed E-state index contributed by atoms with van der Waals surface area (Å²) in [7, 11) is 0. The number of fused-ring (bicyclic) bond motifs is 1. The van der Waals surface area contributed by atoms with E-state index in [0.29, 0.717) is 17.3 Å². The molecule has 66 valence electrons. The number of carbonyl (C=O) groups excluding carboxylic acids is 1. The Morgan fingerprint density at radius 1 is 1.46 bits per heavy atom. The van der Waals surface area contributed by atoms with Crippen molar-refractivity contribution in [2.75, 3.05) is 5.73 Å². The Morgan fingerprint density at radius 3 is 2.92 bits per heavy atom. The number of nitrogens with one attached hydrogen (secondary N) is 1. The number of aromatic amines is 1. The molecule has 2 aromatic heterocycles. The second kappa shape index (κ2) is 2.55. The average molecular weight is 176 g/mol. The molecule has 0 fully saturated rings. The van der Waals surface area contributed by atoms with E-state index in [4.69, 9.17) is 5.73 Å². The van der Waals surface area contributed by atoms with Gasteiger partial charge in [0, 0.05) is 6.92 Å². The molecule has 2 aromatic rings. The first-order chi connectivity index (χ1) is 6.16. The van der Waals surface area contributed by atoms with E-state index in [9.17, 15) is 4.79 Å². The summed E-state index contributed by atoms with van der Waals surface area (Å²) in [5.41, 5.74) is 6.66. The van der Waals surface area contributed by atoms with Gasteiger partial charge in [0.15, 0.2) is 17.3 Å². The number of pyridine rings is 1. The van der Waals surface area contributed by atoms with E-state index >= 15 is 0 Å². The standard InChI is InChI=1S/C8H8N4O/c1-4(13)7-10-5-2-3-6(9)11-8(5)12-7/h2-3H,1H3,(H3,9,10,11,12). The molecule has 0 saturated carbocycles. The quantitative estimate of drug-likeness (QED) is 0.627. The lowest BCUT2D eigenvalue weighted by Crippen LogP contribution is -1.93. The normalized spacial score (nSPS) is 10.5. The van der Waals surface area contributed by atoms with Crippen molar-refractivity contribution in [3.8, 4) is 0 Å². The number of H-pyrrole nitrogens is 1. The maximum absolute atomic E-state index is 10.9. The summed E-state index contributed by atoms with van der Waals surface area (Å²) in [4.78, 5) is 21.7. The number of Topliss-reactive ketones (excluding diaryl/α,β-unsaturated/α-hetero) is 1. The fourth-order valence-corrected chi connectivity index (χ4v) is 1.07. The van der Waals surface area contributed by atoms with Crippen LogP contribution in [-0.4, -0.2) is 20.7 Å². The number of anilines is 1. The van der Waals surface area contributed by atoms with Crippen molar-refractivity contribution < 1.29 is 4.79 Å². The lowest BCUT2D eigenvalue weighted by atomic mass is 10.4. The Balaban J connectivity index is 2.68. The number of imidazole rings is 1. The van der Waals surface area contributed by atoms with E-state index in [-0.39, 0.29) is 5.78 Å². The number of hydrogen-bond donors (Lipinski definition) is 2. The number of hydrogen-bond acceptors (Lipinski definition) is 4. The van der Waals surface area contributed by atoms with Crippen molar-refractivity contribution in [1.82, 2.24) is 15.0 Å². The van der Waals surface area contributed by atoms with Crippen LogP contribution in [0.4, 0.5) is 5.82 Å². The molecule has 0 aliphatic heterocycles. The van der Waals surface area contributed by atoms with Crippen LogP contribution in [0.15, 0.2) is 12.1 Å². The lowest BCUT2D eigenvalue weighted by Gasteiger charge is -1.88. The first-order valence-electron chi connectivity index (χ1n) is 3.80. The Morgan fingerprint density at radius 2 is 2.23 bits per heavy atom. The highest BCUT2D eigenvalue weighted by atomic mass is 16.1. The fraction of sp³-hybridized carbons (Fsp3) is 0.125. The topological polar surface area (TPSA) is 84.7 Å². The lowest BCUT2D eigenvalue weighted by molar-refractivity contribution is 0.100. The van der Waals surface area contributed by atoms with E-state index in [1.807, 2.05) is 0 Å². The Kier molecular flexibility index (Phi) is 1.51. The number of ketones is 1. The summed E-state index contributed by atoms with van der Waals surface area (Å²) in [6, 6.07) is 3.40. The number of nitrogens with zero attached hydrogens (tertiary/aromatic N) is 2. The molecule has 0 aromatic carbocycles. The summed E-state index contributed by atoms with van der Waals surface area (Å²) in [6.45, 7) is 1.45. The van der Waals surface area contributed by atoms with Crippen LogP contribution in [0.3, 0.4) is 0 Å². The summed E-state index contributed by atoms with van der Waals surface area (Å²) >= 11 is 0. The molecule has 0 amide bonds. The average Bonchev–Trinajstić information content (AvgIpc) is 2.46. The third kappa shape index (κ3) is 1.24. The zero-order valence-electron chi connectivity index (χ0n) is 7.03. The molecule has 0 aliphatic carbocycles. The molecular formula is C8H8N4O. The molecule has 0 saturated heterocycles. The van der Waals surface area contributed by atoms with Crippen LogP contribution >= 0.6 is 0 Å². The summed E-state index contributed by atoms with van der Waals surface area (Å²) < 4.78 is 0. The summed E-state index contributed by atoms with van der Waals surface area (Å²) in [6.07, 6.45) is 0. The van der Waals surface area contributed by atoms with Crippen molar-refractivity contribution in [2.45, 2.75) is 6.92 Å². The van der Waals surface area contributed by atoms with E-state index in [0.717, 1.165) is 5.52 Å². The molecule has 5 nitrogen and oxygen atoms in total. The third-order valence-electron chi connectivity index (χ3n) is 1.70. The minimum absolute atomic E-state index is 0.114. The summed E-state index contributed by atoms with van der Waals surface area (Å²) in [5, 5.41) is 0. The molecule has 0 spiro atoms. The van der Waals surface area contributed by atoms with Crippen molar-refractivity contribution in [2.24, 2.45) is 0 Å². The first kappa shape index (κ1) is 7.72. The number of nitrogen functional groups attached to an aromatic ring is 1. The SMILES string of the molecule is CC(=O)c1nc2nc(N)ccc2[nH]1. The Bertz CT molecular complexity index is 474. The number of rotatable bonds is 1. The zero-order valence-corrected chi connectivity index (χ0v) is 7.03. The predicted molar refractivity (Wildman–Crippen MR) is 48.3 cm³/mol. The number of aromatic nitrogens is 3. The monoisotopic (exact) mass is 176 g/mol. The summed E-state index contributed by atoms with van der Waals surface area (Å²) in [5.74, 6) is 0.596. The maximum Gasteiger partial charge on any atom is 0.195 e. The molecule has 0 atom stereocenters. The van der Waals surface area contributed by atoms with Gasteiger partial charge in [0.1, 0.15) is 5.82 Å². The fourth-order valence-electron chi connectivity index (χ4n) is 1.07. The Labute approximate surface area is 74.0 Å². The van der Waals surface area contributed by atoms with Gasteiger partial charge < -0.3 is 10.7 Å². The molecule has 0 aliphatic rings. The highest BCUT2D eigenvalue weighted by Crippen LogP contribution is 2.10. The van der Waals surface area contributed by atoms with Crippen molar-refractivity contribution in [3.63, 3.8) is 0 Å². The van der Waals surface area contributed by atoms with Crippen LogP contribution in [0.1, 0.15) is 17.5 Å². The van der Waals surface area contributed by atoms with E-state index in [2.05, 4.69) is 15.0 Å². The maximum atomic E-state index is 10.9. The number of nitrogens with two attached hydrogens (primary N) is 1. The van der Waals surface area contributed by atoms with E-state index in [1.54, 1.807) is 12.1 Å². The third-order valence-corrected chi connectivity index (χ3v) is 1.70. The van der Waals surface area contributed by atoms with Gasteiger partial charge in [0.25, 0.3) is 0 Å². The molecule has 0 bridgehead atoms. The predicted octanol–water partition coefficient (Wildman–Crippen LogP) is 0.743. The van der Waals surface area contributed by atoms with Gasteiger partial charge >= 0.3 is 0 Å². The number of carbonyl (C=O) groups is 1. The van der Waals surface area contributed by atoms with E-state index in [1.165, 1.54) is 6.92 Å². The molecule has 0 unspecified atom stereocenters.